The third-order valence-corrected chi connectivity index (χ3v) is 47.4. The van der Waals surface area contributed by atoms with Crippen LogP contribution in [-0.4, -0.2) is 53.2 Å². The number of hydrogen-bond acceptors (Lipinski definition) is 8. The molecule has 778 valence electrons. The molecule has 16 unspecified atom stereocenters. The van der Waals surface area contributed by atoms with Crippen LogP contribution in [0.2, 0.25) is 0 Å². The number of aliphatic hydroxyl groups excluding tert-OH is 1. The van der Waals surface area contributed by atoms with Crippen molar-refractivity contribution in [3.63, 3.8) is 0 Å². The summed E-state index contributed by atoms with van der Waals surface area (Å²) in [6.07, 6.45) is 86.9. The summed E-state index contributed by atoms with van der Waals surface area (Å²) < 4.78 is 5.06. The van der Waals surface area contributed by atoms with Gasteiger partial charge in [0, 0.05) is 37.7 Å². The van der Waals surface area contributed by atoms with Crippen LogP contribution in [-0.2, 0) is 33.5 Å². The molecule has 8 nitrogen and oxygen atoms in total. The normalized spacial score (nSPS) is 43.4. The lowest BCUT2D eigenvalue weighted by Crippen LogP contribution is -2.49. The zero-order valence-electron chi connectivity index (χ0n) is 92.7. The van der Waals surface area contributed by atoms with Crippen molar-refractivity contribution in [1.82, 2.24) is 0 Å². The molecule has 0 heterocycles. The molecule has 0 aliphatic heterocycles. The maximum Gasteiger partial charge on any atom is 0.330 e. The van der Waals surface area contributed by atoms with E-state index in [0.717, 1.165) is 123 Å². The number of rotatable bonds is 18. The van der Waals surface area contributed by atoms with Crippen molar-refractivity contribution >= 4 is 35.4 Å². The standard InChI is InChI=1S/C28H44O.2C28H42O.C26H36O3.C22H30O2.CH4/c3*1-18(2)19(3)7-8-20(4)24-11-12-25-23-10-9-21-17-22(29)13-15-27(21,5)26(23)14-16-28(24,25)6;1-5-29-24(28)11-6-17(2)21-9-10-22-20-8-7-18-16-19(27)12-14-25(18,3)23(20)13-15-26(21,22)4;1-14(13-23)18-6-7-19-17-5-4-15-12-16(24)8-10-21(15,2)20(17)9-11-22(18,19)3;/h7-10,18-20,22,24-26,29H,11-17H2,1-6H3;7-8,10,17-20,24-26H,9,11-16H2,1-6H3;7-10,17-20,23-26H,11-16H2,1-6H3;6-8,11,16-17,20-23H,5,9-10,12-15H2,1-4H3;4-5,12-14,17-20H,6-11H2,1-3H3;1H4/b3*8-7+;11-6+;;/t19?,20-,22+,24-,25?,26?,27+,28-;19?,20-,24-,25?,26?,27+,28-;19?,20-,23?,24-,25?,26?,27+,28-;17-,20?,21-,22?,23?,25+,26-;14-,17?,18-,19?,20?,21+,22-;/m11111./s1. The molecule has 37 atom stereocenters. The van der Waals surface area contributed by atoms with Crippen molar-refractivity contribution in [2.75, 3.05) is 6.61 Å². The minimum absolute atomic E-state index is 0. The number of esters is 1. The molecule has 141 heavy (non-hydrogen) atoms. The first kappa shape index (κ1) is 109. The summed E-state index contributed by atoms with van der Waals surface area (Å²) in [5.74, 6) is 20.6. The van der Waals surface area contributed by atoms with Crippen LogP contribution in [0.4, 0.5) is 0 Å². The number of fused-ring (bicyclic) bond motifs is 25. The van der Waals surface area contributed by atoms with E-state index in [1.165, 1.54) is 169 Å². The lowest BCUT2D eigenvalue weighted by atomic mass is 9.48. The van der Waals surface area contributed by atoms with E-state index >= 15 is 0 Å². The van der Waals surface area contributed by atoms with Gasteiger partial charge in [-0.05, 0) is 448 Å². The van der Waals surface area contributed by atoms with Gasteiger partial charge in [0.25, 0.3) is 0 Å². The second-order valence-corrected chi connectivity index (χ2v) is 54.9. The molecular weight excluding hydrogens is 1730 g/mol. The second-order valence-electron chi connectivity index (χ2n) is 54.9. The van der Waals surface area contributed by atoms with E-state index in [4.69, 9.17) is 4.74 Å². The SMILES string of the molecule is C.CC(C)C(C)/C=C/[C@@H](C)[C@H]1CCC2C3=CC=C4C[C@@H](O)CC[C@]4(C)C3CC[C@@]21C.CC(C)C(C)/C=C/[C@@H](C)[C@H]1CCC2C3=CCC4=CC(=O)CC[C@]4(C)C3CC[C@@]21C.CC(C)C(C)/C=C/[C@@H](C)[C@H]1CCC2C3C=CC4=CC(=O)CC[C@]4(C)C3CC[C@@]21C.CCOC(=O)/C=C/[C@@H](C)[C@H]1CCC2C3C=CC4=CC(=O)CC[C@]4(C)C3CC[C@@]21C.C[C@H](C=O)[C@H]1CCC2C3C=CC4=CC(=O)CC[C@]4(C)C3CC[C@@]21C. The third kappa shape index (κ3) is 20.1. The van der Waals surface area contributed by atoms with Gasteiger partial charge in [-0.2, -0.15) is 0 Å². The van der Waals surface area contributed by atoms with Gasteiger partial charge in [0.15, 0.2) is 23.1 Å². The average Bonchev–Trinajstić information content (AvgIpc) is 1.67. The molecule has 0 amide bonds. The maximum atomic E-state index is 12.0. The predicted molar refractivity (Wildman–Crippen MR) is 585 cm³/mol. The molecule has 8 heteroatoms. The Morgan fingerprint density at radius 2 is 0.702 bits per heavy atom. The van der Waals surface area contributed by atoms with Gasteiger partial charge in [-0.3, -0.25) is 19.2 Å². The molecule has 20 rings (SSSR count). The van der Waals surface area contributed by atoms with Crippen molar-refractivity contribution in [2.24, 2.45) is 226 Å². The highest BCUT2D eigenvalue weighted by atomic mass is 16.5. The summed E-state index contributed by atoms with van der Waals surface area (Å²) in [7, 11) is 0. The summed E-state index contributed by atoms with van der Waals surface area (Å²) in [6, 6.07) is 0. The van der Waals surface area contributed by atoms with Crippen LogP contribution < -0.4 is 0 Å². The van der Waals surface area contributed by atoms with Crippen molar-refractivity contribution in [3.05, 3.63) is 167 Å². The van der Waals surface area contributed by atoms with Crippen LogP contribution in [0.5, 0.6) is 0 Å². The van der Waals surface area contributed by atoms with Crippen LogP contribution in [0.25, 0.3) is 0 Å². The zero-order valence-corrected chi connectivity index (χ0v) is 92.7. The van der Waals surface area contributed by atoms with Crippen LogP contribution in [0.1, 0.15) is 386 Å². The number of ketones is 4. The molecule has 20 aliphatic rings. The van der Waals surface area contributed by atoms with E-state index < -0.39 is 0 Å². The Balaban J connectivity index is 0.000000133. The highest BCUT2D eigenvalue weighted by Crippen LogP contribution is 2.73. The van der Waals surface area contributed by atoms with Gasteiger partial charge in [0.1, 0.15) is 6.29 Å². The Kier molecular flexibility index (Phi) is 33.1. The van der Waals surface area contributed by atoms with Gasteiger partial charge >= 0.3 is 5.97 Å². The van der Waals surface area contributed by atoms with Crippen molar-refractivity contribution in [3.8, 4) is 0 Å². The van der Waals surface area contributed by atoms with Crippen LogP contribution in [0, 0.1) is 226 Å². The molecule has 11 saturated carbocycles. The summed E-state index contributed by atoms with van der Waals surface area (Å²) in [5, 5.41) is 10.2. The molecule has 0 aromatic rings. The summed E-state index contributed by atoms with van der Waals surface area (Å²) in [6.45, 7) is 60.2. The maximum absolute atomic E-state index is 12.0. The number of carbonyl (C=O) groups excluding carboxylic acids is 6. The fourth-order valence-electron chi connectivity index (χ4n) is 37.1. The van der Waals surface area contributed by atoms with Gasteiger partial charge < -0.3 is 14.6 Å². The van der Waals surface area contributed by atoms with Crippen molar-refractivity contribution in [1.29, 1.82) is 0 Å². The predicted octanol–water partition coefficient (Wildman–Crippen LogP) is 33.3. The molecular formula is C133H198O8. The van der Waals surface area contributed by atoms with E-state index in [1.54, 1.807) is 17.2 Å². The number of allylic oxidation sites excluding steroid dienone is 26. The van der Waals surface area contributed by atoms with Crippen molar-refractivity contribution in [2.45, 2.75) is 392 Å². The zero-order chi connectivity index (χ0) is 101. The summed E-state index contributed by atoms with van der Waals surface area (Å²) in [5.41, 5.74) is 13.5. The summed E-state index contributed by atoms with van der Waals surface area (Å²) >= 11 is 0. The van der Waals surface area contributed by atoms with Gasteiger partial charge in [0.2, 0.25) is 0 Å². The molecule has 0 aromatic carbocycles. The lowest BCUT2D eigenvalue weighted by molar-refractivity contribution is -0.137. The number of ether oxygens (including phenoxy) is 1. The summed E-state index contributed by atoms with van der Waals surface area (Å²) in [4.78, 5) is 71.0. The minimum atomic E-state index is -0.225. The number of hydrogen-bond donors (Lipinski definition) is 1. The molecule has 0 saturated heterocycles. The van der Waals surface area contributed by atoms with Gasteiger partial charge in [-0.25, -0.2) is 4.79 Å². The Bertz CT molecular complexity index is 5040. The largest absolute Gasteiger partial charge is 0.463 e. The quantitative estimate of drug-likeness (QED) is 0.0621. The first-order chi connectivity index (χ1) is 66.2. The monoisotopic (exact) mass is 1920 g/mol. The molecule has 0 bridgehead atoms. The Labute approximate surface area is 859 Å². The smallest absolute Gasteiger partial charge is 0.330 e. The molecule has 0 spiro atoms. The first-order valence-corrected chi connectivity index (χ1v) is 58.4. The fourth-order valence-corrected chi connectivity index (χ4v) is 37.1. The van der Waals surface area contributed by atoms with Crippen LogP contribution >= 0.6 is 0 Å². The third-order valence-electron chi connectivity index (χ3n) is 47.4. The number of aldehydes is 1. The van der Waals surface area contributed by atoms with Crippen LogP contribution in [0.15, 0.2) is 167 Å². The topological polar surface area (TPSA) is 132 Å². The molecule has 1 N–H and O–H groups in total. The first-order valence-electron chi connectivity index (χ1n) is 58.4. The average molecular weight is 1930 g/mol. The van der Waals surface area contributed by atoms with E-state index in [1.807, 2.05) is 31.2 Å². The van der Waals surface area contributed by atoms with Crippen LogP contribution in [0.3, 0.4) is 0 Å². The Morgan fingerprint density at radius 3 is 1.09 bits per heavy atom. The Morgan fingerprint density at radius 1 is 0.362 bits per heavy atom. The van der Waals surface area contributed by atoms with Gasteiger partial charge in [0.05, 0.1) is 12.7 Å². The fraction of sp³-hybridized carbons (Fsp3) is 0.744. The number of carbonyl (C=O) groups is 6. The second kappa shape index (κ2) is 42.6. The molecule has 0 radical (unpaired) electrons. The van der Waals surface area contributed by atoms with Gasteiger partial charge in [-0.1, -0.05) is 293 Å². The Hall–Kier alpha value is -5.86. The van der Waals surface area contributed by atoms with Gasteiger partial charge in [-0.15, -0.1) is 0 Å². The van der Waals surface area contributed by atoms with Crippen molar-refractivity contribution < 1.29 is 38.6 Å². The van der Waals surface area contributed by atoms with E-state index in [0.29, 0.717) is 176 Å². The highest BCUT2D eigenvalue weighted by Gasteiger charge is 2.65. The van der Waals surface area contributed by atoms with E-state index in [2.05, 4.69) is 263 Å². The highest BCUT2D eigenvalue weighted by molar-refractivity contribution is 5.94. The van der Waals surface area contributed by atoms with E-state index in [-0.39, 0.29) is 47.1 Å². The molecule has 20 aliphatic carbocycles. The molecule has 11 fully saturated rings. The van der Waals surface area contributed by atoms with E-state index in [9.17, 15) is 33.9 Å². The molecule has 0 aromatic heterocycles. The minimum Gasteiger partial charge on any atom is -0.463 e. The lowest BCUT2D eigenvalue weighted by Gasteiger charge is -2.56. The number of aliphatic hydroxyl groups is 1.